The van der Waals surface area contributed by atoms with Crippen molar-refractivity contribution >= 4 is 28.5 Å². The first-order valence-corrected chi connectivity index (χ1v) is 15.5. The van der Waals surface area contributed by atoms with E-state index in [-0.39, 0.29) is 5.76 Å². The van der Waals surface area contributed by atoms with Gasteiger partial charge < -0.3 is 5.11 Å². The molecule has 2 nitrogen and oxygen atoms in total. The maximum absolute atomic E-state index is 10.5. The summed E-state index contributed by atoms with van der Waals surface area (Å²) in [7, 11) is 9.87. The van der Waals surface area contributed by atoms with Gasteiger partial charge in [0, 0.05) is 11.6 Å². The summed E-state index contributed by atoms with van der Waals surface area (Å²) >= 11 is -0.826. The van der Waals surface area contributed by atoms with Crippen LogP contribution in [0, 0.1) is 5.92 Å². The standard InChI is InChI=1S/C22H25NO.2ClH.Zr/c1-17-10-8-9-15-20(17)23-21(18-11-4-2-5-12-18)16-22(24)19-13-6-3-7-14-19;;;/h2-7,11-14,16-17,20,24H,8-10,15H2,1H3;2*1H;/q;;;+2/p-2/b22-16-,23-21?;;;. The van der Waals surface area contributed by atoms with Crippen LogP contribution in [0.25, 0.3) is 5.76 Å². The molecule has 27 heavy (non-hydrogen) atoms. The van der Waals surface area contributed by atoms with Crippen LogP contribution in [0.15, 0.2) is 71.7 Å². The van der Waals surface area contributed by atoms with Crippen LogP contribution < -0.4 is 0 Å². The third kappa shape index (κ3) is 7.56. The van der Waals surface area contributed by atoms with Crippen molar-refractivity contribution in [1.29, 1.82) is 0 Å². The van der Waals surface area contributed by atoms with Gasteiger partial charge >= 0.3 is 37.9 Å². The van der Waals surface area contributed by atoms with Gasteiger partial charge in [-0.3, -0.25) is 4.99 Å². The molecular weight excluding hydrogens is 456 g/mol. The van der Waals surface area contributed by atoms with Crippen molar-refractivity contribution in [2.24, 2.45) is 10.9 Å². The fourth-order valence-electron chi connectivity index (χ4n) is 3.29. The SMILES string of the molecule is CC1CCCCC1N=C(/C=C(\O)c1ccccc1)c1ccccc1.[Cl][Zr][Cl]. The summed E-state index contributed by atoms with van der Waals surface area (Å²) in [6.45, 7) is 2.29. The molecule has 1 aliphatic carbocycles. The van der Waals surface area contributed by atoms with Gasteiger partial charge in [0.05, 0.1) is 11.8 Å². The van der Waals surface area contributed by atoms with Crippen LogP contribution in [0.4, 0.5) is 0 Å². The Morgan fingerprint density at radius 2 is 1.48 bits per heavy atom. The number of aliphatic imine (C=N–C) groups is 1. The van der Waals surface area contributed by atoms with Crippen LogP contribution in [0.5, 0.6) is 0 Å². The van der Waals surface area contributed by atoms with Crippen molar-refractivity contribution < 1.29 is 26.0 Å². The van der Waals surface area contributed by atoms with Crippen LogP contribution in [-0.2, 0) is 20.8 Å². The van der Waals surface area contributed by atoms with E-state index in [0.29, 0.717) is 12.0 Å². The fourth-order valence-corrected chi connectivity index (χ4v) is 3.29. The number of rotatable bonds is 4. The van der Waals surface area contributed by atoms with E-state index in [4.69, 9.17) is 22.0 Å². The second-order valence-corrected chi connectivity index (χ2v) is 10.4. The van der Waals surface area contributed by atoms with Crippen LogP contribution >= 0.6 is 17.0 Å². The van der Waals surface area contributed by atoms with Crippen LogP contribution in [0.3, 0.4) is 0 Å². The zero-order valence-corrected chi connectivity index (χ0v) is 19.5. The number of hydrogen-bond acceptors (Lipinski definition) is 2. The molecule has 2 aromatic rings. The molecule has 0 spiro atoms. The van der Waals surface area contributed by atoms with Gasteiger partial charge in [0.25, 0.3) is 0 Å². The molecule has 2 atom stereocenters. The van der Waals surface area contributed by atoms with E-state index < -0.39 is 20.8 Å². The predicted molar refractivity (Wildman–Crippen MR) is 113 cm³/mol. The minimum absolute atomic E-state index is 0.265. The Morgan fingerprint density at radius 3 is 2.04 bits per heavy atom. The zero-order chi connectivity index (χ0) is 19.5. The van der Waals surface area contributed by atoms with Gasteiger partial charge in [0.15, 0.2) is 0 Å². The molecule has 1 fully saturated rings. The van der Waals surface area contributed by atoms with Gasteiger partial charge in [-0.1, -0.05) is 80.4 Å². The molecule has 2 unspecified atom stereocenters. The van der Waals surface area contributed by atoms with Gasteiger partial charge in [-0.2, -0.15) is 0 Å². The number of allylic oxidation sites excluding steroid dienone is 1. The Bertz CT molecular complexity index is 734. The summed E-state index contributed by atoms with van der Waals surface area (Å²) in [5.74, 6) is 0.867. The molecule has 0 radical (unpaired) electrons. The second kappa shape index (κ2) is 12.5. The van der Waals surface area contributed by atoms with Gasteiger partial charge in [-0.25, -0.2) is 0 Å². The summed E-state index contributed by atoms with van der Waals surface area (Å²) in [6, 6.07) is 20.1. The third-order valence-electron chi connectivity index (χ3n) is 4.78. The number of halogens is 2. The van der Waals surface area contributed by atoms with Gasteiger partial charge in [-0.15, -0.1) is 0 Å². The summed E-state index contributed by atoms with van der Waals surface area (Å²) in [5.41, 5.74) is 2.74. The fraction of sp³-hybridized carbons (Fsp3) is 0.318. The first-order chi connectivity index (χ1) is 13.2. The van der Waals surface area contributed by atoms with E-state index in [1.54, 1.807) is 0 Å². The quantitative estimate of drug-likeness (QED) is 0.369. The zero-order valence-electron chi connectivity index (χ0n) is 15.5. The van der Waals surface area contributed by atoms with E-state index >= 15 is 0 Å². The average molecular weight is 482 g/mol. The predicted octanol–water partition coefficient (Wildman–Crippen LogP) is 7.03. The van der Waals surface area contributed by atoms with Crippen molar-refractivity contribution in [2.75, 3.05) is 0 Å². The Kier molecular flexibility index (Phi) is 10.4. The maximum atomic E-state index is 10.5. The monoisotopic (exact) mass is 479 g/mol. The van der Waals surface area contributed by atoms with E-state index in [1.165, 1.54) is 19.3 Å². The molecule has 5 heteroatoms. The molecule has 0 aliphatic heterocycles. The molecule has 1 aliphatic rings. The minimum atomic E-state index is -0.826. The molecule has 1 N–H and O–H groups in total. The van der Waals surface area contributed by atoms with Crippen molar-refractivity contribution in [3.8, 4) is 0 Å². The van der Waals surface area contributed by atoms with Gasteiger partial charge in [-0.05, 0) is 24.3 Å². The average Bonchev–Trinajstić information content (AvgIpc) is 2.71. The topological polar surface area (TPSA) is 32.6 Å². The summed E-state index contributed by atoms with van der Waals surface area (Å²) in [5, 5.41) is 10.5. The first kappa shape index (κ1) is 22.4. The number of benzene rings is 2. The third-order valence-corrected chi connectivity index (χ3v) is 4.78. The van der Waals surface area contributed by atoms with Crippen LogP contribution in [0.1, 0.15) is 43.7 Å². The van der Waals surface area contributed by atoms with Crippen molar-refractivity contribution in [3.05, 3.63) is 77.9 Å². The van der Waals surface area contributed by atoms with E-state index in [2.05, 4.69) is 19.1 Å². The van der Waals surface area contributed by atoms with Crippen molar-refractivity contribution in [2.45, 2.75) is 38.6 Å². The molecule has 0 amide bonds. The molecular formula is C22H25Cl2NOZr. The van der Waals surface area contributed by atoms with E-state index in [9.17, 15) is 5.11 Å². The Labute approximate surface area is 181 Å². The Balaban J connectivity index is 0.000000817. The number of aliphatic hydroxyl groups is 1. The van der Waals surface area contributed by atoms with Gasteiger partial charge in [0.2, 0.25) is 0 Å². The van der Waals surface area contributed by atoms with E-state index in [0.717, 1.165) is 23.3 Å². The molecule has 0 heterocycles. The molecule has 0 bridgehead atoms. The Morgan fingerprint density at radius 1 is 0.963 bits per heavy atom. The molecule has 3 rings (SSSR count). The molecule has 1 saturated carbocycles. The number of nitrogens with zero attached hydrogens (tertiary/aromatic N) is 1. The molecule has 2 aromatic carbocycles. The second-order valence-electron chi connectivity index (χ2n) is 6.68. The molecule has 0 saturated heterocycles. The number of aliphatic hydroxyl groups excluding tert-OH is 1. The normalized spacial score (nSPS) is 20.4. The summed E-state index contributed by atoms with van der Waals surface area (Å²) in [6.07, 6.45) is 6.74. The van der Waals surface area contributed by atoms with E-state index in [1.807, 2.05) is 54.6 Å². The summed E-state index contributed by atoms with van der Waals surface area (Å²) < 4.78 is 0. The number of hydrogen-bond donors (Lipinski definition) is 1. The van der Waals surface area contributed by atoms with Crippen molar-refractivity contribution in [1.82, 2.24) is 0 Å². The molecule has 142 valence electrons. The van der Waals surface area contributed by atoms with Gasteiger partial charge in [0.1, 0.15) is 5.76 Å². The van der Waals surface area contributed by atoms with Crippen LogP contribution in [-0.4, -0.2) is 16.9 Å². The summed E-state index contributed by atoms with van der Waals surface area (Å²) in [4.78, 5) is 5.03. The molecule has 0 aromatic heterocycles. The van der Waals surface area contributed by atoms with Crippen LogP contribution in [0.2, 0.25) is 0 Å². The Hall–Kier alpha value is -0.887. The first-order valence-electron chi connectivity index (χ1n) is 9.21. The van der Waals surface area contributed by atoms with Crippen molar-refractivity contribution in [3.63, 3.8) is 0 Å².